The Morgan fingerprint density at radius 3 is 2.67 bits per heavy atom. The molecule has 1 aliphatic rings. The van der Waals surface area contributed by atoms with Crippen LogP contribution in [0.25, 0.3) is 0 Å². The quantitative estimate of drug-likeness (QED) is 0.766. The first-order valence-electron chi connectivity index (χ1n) is 6.41. The summed E-state index contributed by atoms with van der Waals surface area (Å²) in [6, 6.07) is 0.0182. The SMILES string of the molecule is CC1C(N)CCCC1C(=O)NCCCC(F)(F)F. The molecule has 0 saturated heterocycles. The molecule has 0 aromatic carbocycles. The summed E-state index contributed by atoms with van der Waals surface area (Å²) < 4.78 is 35.8. The van der Waals surface area contributed by atoms with Crippen LogP contribution in [0.4, 0.5) is 13.2 Å². The predicted octanol–water partition coefficient (Wildman–Crippen LogP) is 2.21. The second-order valence-electron chi connectivity index (χ2n) is 5.07. The molecule has 0 radical (unpaired) electrons. The Kier molecular flexibility index (Phi) is 5.44. The molecule has 1 aliphatic carbocycles. The summed E-state index contributed by atoms with van der Waals surface area (Å²) in [5.74, 6) is -0.208. The summed E-state index contributed by atoms with van der Waals surface area (Å²) in [5.41, 5.74) is 5.89. The van der Waals surface area contributed by atoms with E-state index in [9.17, 15) is 18.0 Å². The van der Waals surface area contributed by atoms with Gasteiger partial charge in [0, 0.05) is 24.9 Å². The Labute approximate surface area is 105 Å². The van der Waals surface area contributed by atoms with Gasteiger partial charge in [0.15, 0.2) is 0 Å². The van der Waals surface area contributed by atoms with Gasteiger partial charge in [-0.25, -0.2) is 0 Å². The van der Waals surface area contributed by atoms with Crippen molar-refractivity contribution in [1.29, 1.82) is 0 Å². The molecular weight excluding hydrogens is 245 g/mol. The van der Waals surface area contributed by atoms with Gasteiger partial charge < -0.3 is 11.1 Å². The lowest BCUT2D eigenvalue weighted by atomic mass is 9.77. The summed E-state index contributed by atoms with van der Waals surface area (Å²) in [6.45, 7) is 2.01. The van der Waals surface area contributed by atoms with E-state index >= 15 is 0 Å². The van der Waals surface area contributed by atoms with Crippen LogP contribution in [0.2, 0.25) is 0 Å². The summed E-state index contributed by atoms with van der Waals surface area (Å²) in [4.78, 5) is 11.8. The number of carbonyl (C=O) groups excluding carboxylic acids is 1. The van der Waals surface area contributed by atoms with E-state index in [0.717, 1.165) is 19.3 Å². The molecule has 0 aliphatic heterocycles. The molecule has 0 spiro atoms. The van der Waals surface area contributed by atoms with Crippen molar-refractivity contribution in [2.75, 3.05) is 6.54 Å². The number of rotatable bonds is 4. The summed E-state index contributed by atoms with van der Waals surface area (Å²) >= 11 is 0. The van der Waals surface area contributed by atoms with Gasteiger partial charge in [0.2, 0.25) is 5.91 Å². The zero-order valence-electron chi connectivity index (χ0n) is 10.6. The maximum absolute atomic E-state index is 11.9. The van der Waals surface area contributed by atoms with Crippen LogP contribution >= 0.6 is 0 Å². The molecule has 18 heavy (non-hydrogen) atoms. The largest absolute Gasteiger partial charge is 0.389 e. The van der Waals surface area contributed by atoms with E-state index < -0.39 is 12.6 Å². The van der Waals surface area contributed by atoms with Crippen molar-refractivity contribution >= 4 is 5.91 Å². The number of nitrogens with two attached hydrogens (primary N) is 1. The Balaban J connectivity index is 2.28. The number of nitrogens with one attached hydrogen (secondary N) is 1. The van der Waals surface area contributed by atoms with Crippen LogP contribution in [0, 0.1) is 11.8 Å². The van der Waals surface area contributed by atoms with Crippen molar-refractivity contribution in [3.8, 4) is 0 Å². The molecule has 6 heteroatoms. The van der Waals surface area contributed by atoms with Gasteiger partial charge in [-0.1, -0.05) is 13.3 Å². The number of alkyl halides is 3. The Morgan fingerprint density at radius 1 is 1.39 bits per heavy atom. The maximum atomic E-state index is 11.9. The lowest BCUT2D eigenvalue weighted by Gasteiger charge is -2.32. The monoisotopic (exact) mass is 266 g/mol. The van der Waals surface area contributed by atoms with Gasteiger partial charge in [-0.15, -0.1) is 0 Å². The molecular formula is C12H21F3N2O. The molecule has 3 N–H and O–H groups in total. The molecule has 1 amide bonds. The number of hydrogen-bond donors (Lipinski definition) is 2. The highest BCUT2D eigenvalue weighted by atomic mass is 19.4. The van der Waals surface area contributed by atoms with E-state index in [4.69, 9.17) is 5.73 Å². The highest BCUT2D eigenvalue weighted by molar-refractivity contribution is 5.79. The standard InChI is InChI=1S/C12H21F3N2O/c1-8-9(4-2-5-10(8)16)11(18)17-7-3-6-12(13,14)15/h8-10H,2-7,16H2,1H3,(H,17,18). The van der Waals surface area contributed by atoms with Crippen LogP contribution in [0.15, 0.2) is 0 Å². The summed E-state index contributed by atoms with van der Waals surface area (Å²) in [5, 5.41) is 2.58. The van der Waals surface area contributed by atoms with Crippen molar-refractivity contribution in [2.45, 2.75) is 51.2 Å². The third-order valence-corrected chi connectivity index (χ3v) is 3.64. The normalized spacial score (nSPS) is 29.1. The van der Waals surface area contributed by atoms with Crippen LogP contribution in [-0.4, -0.2) is 24.7 Å². The maximum Gasteiger partial charge on any atom is 0.389 e. The van der Waals surface area contributed by atoms with Gasteiger partial charge in [-0.3, -0.25) is 4.79 Å². The molecule has 3 atom stereocenters. The van der Waals surface area contributed by atoms with Crippen molar-refractivity contribution in [3.63, 3.8) is 0 Å². The second-order valence-corrected chi connectivity index (χ2v) is 5.07. The summed E-state index contributed by atoms with van der Waals surface area (Å²) in [6.07, 6.45) is -2.47. The lowest BCUT2D eigenvalue weighted by molar-refractivity contribution is -0.137. The molecule has 0 heterocycles. The average Bonchev–Trinajstić information content (AvgIpc) is 2.26. The average molecular weight is 266 g/mol. The first-order chi connectivity index (χ1) is 8.31. The third kappa shape index (κ3) is 4.84. The topological polar surface area (TPSA) is 55.1 Å². The van der Waals surface area contributed by atoms with Crippen molar-refractivity contribution in [3.05, 3.63) is 0 Å². The third-order valence-electron chi connectivity index (χ3n) is 3.64. The van der Waals surface area contributed by atoms with Crippen LogP contribution in [0.3, 0.4) is 0 Å². The number of carbonyl (C=O) groups is 1. The smallest absolute Gasteiger partial charge is 0.356 e. The molecule has 1 fully saturated rings. The lowest BCUT2D eigenvalue weighted by Crippen LogP contribution is -2.44. The van der Waals surface area contributed by atoms with E-state index in [2.05, 4.69) is 5.32 Å². The highest BCUT2D eigenvalue weighted by Crippen LogP contribution is 2.29. The van der Waals surface area contributed by atoms with Gasteiger partial charge in [0.05, 0.1) is 0 Å². The predicted molar refractivity (Wildman–Crippen MR) is 62.8 cm³/mol. The molecule has 0 aromatic heterocycles. The molecule has 3 unspecified atom stereocenters. The van der Waals surface area contributed by atoms with Crippen LogP contribution in [-0.2, 0) is 4.79 Å². The van der Waals surface area contributed by atoms with Crippen LogP contribution in [0.1, 0.15) is 39.0 Å². The molecule has 0 aromatic rings. The first kappa shape index (κ1) is 15.3. The van der Waals surface area contributed by atoms with Crippen molar-refractivity contribution in [2.24, 2.45) is 17.6 Å². The van der Waals surface area contributed by atoms with Crippen molar-refractivity contribution in [1.82, 2.24) is 5.32 Å². The van der Waals surface area contributed by atoms with Gasteiger partial charge in [0.1, 0.15) is 0 Å². The molecule has 3 nitrogen and oxygen atoms in total. The van der Waals surface area contributed by atoms with Gasteiger partial charge in [-0.2, -0.15) is 13.2 Å². The fourth-order valence-corrected chi connectivity index (χ4v) is 2.40. The molecule has 1 saturated carbocycles. The zero-order chi connectivity index (χ0) is 13.8. The highest BCUT2D eigenvalue weighted by Gasteiger charge is 2.32. The minimum atomic E-state index is -4.15. The molecule has 0 bridgehead atoms. The molecule has 1 rings (SSSR count). The Hall–Kier alpha value is -0.780. The van der Waals surface area contributed by atoms with Gasteiger partial charge in [-0.05, 0) is 25.2 Å². The Bertz CT molecular complexity index is 281. The Morgan fingerprint density at radius 2 is 2.06 bits per heavy atom. The van der Waals surface area contributed by atoms with E-state index in [-0.39, 0.29) is 36.8 Å². The number of hydrogen-bond acceptors (Lipinski definition) is 2. The molecule has 106 valence electrons. The van der Waals surface area contributed by atoms with Crippen LogP contribution in [0.5, 0.6) is 0 Å². The fraction of sp³-hybridized carbons (Fsp3) is 0.917. The zero-order valence-corrected chi connectivity index (χ0v) is 10.6. The van der Waals surface area contributed by atoms with E-state index in [1.807, 2.05) is 6.92 Å². The fourth-order valence-electron chi connectivity index (χ4n) is 2.40. The second kappa shape index (κ2) is 6.41. The minimum Gasteiger partial charge on any atom is -0.356 e. The van der Waals surface area contributed by atoms with Gasteiger partial charge >= 0.3 is 6.18 Å². The van der Waals surface area contributed by atoms with E-state index in [0.29, 0.717) is 0 Å². The van der Waals surface area contributed by atoms with E-state index in [1.165, 1.54) is 0 Å². The van der Waals surface area contributed by atoms with Crippen molar-refractivity contribution < 1.29 is 18.0 Å². The van der Waals surface area contributed by atoms with Crippen LogP contribution < -0.4 is 11.1 Å². The van der Waals surface area contributed by atoms with Gasteiger partial charge in [0.25, 0.3) is 0 Å². The number of halogens is 3. The first-order valence-corrected chi connectivity index (χ1v) is 6.41. The summed E-state index contributed by atoms with van der Waals surface area (Å²) in [7, 11) is 0. The number of amides is 1. The van der Waals surface area contributed by atoms with E-state index in [1.54, 1.807) is 0 Å². The minimum absolute atomic E-state index is 0.0182.